The van der Waals surface area contributed by atoms with E-state index in [-0.39, 0.29) is 5.97 Å². The molecule has 0 bridgehead atoms. The molecule has 0 saturated carbocycles. The first kappa shape index (κ1) is 10.3. The molecule has 0 spiro atoms. The maximum Gasteiger partial charge on any atom is 0.330 e. The third kappa shape index (κ3) is 4.08. The van der Waals surface area contributed by atoms with Crippen molar-refractivity contribution in [3.05, 3.63) is 12.2 Å². The predicted molar refractivity (Wildman–Crippen MR) is 51.4 cm³/mol. The van der Waals surface area contributed by atoms with Gasteiger partial charge in [-0.2, -0.15) is 0 Å². The molecule has 3 heteroatoms. The second kappa shape index (κ2) is 5.75. The zero-order valence-corrected chi connectivity index (χ0v) is 8.08. The number of hydrogen-bond donors (Lipinski definition) is 1. The Hall–Kier alpha value is -0.830. The lowest BCUT2D eigenvalue weighted by atomic mass is 10.1. The number of ether oxygens (including phenoxy) is 1. The van der Waals surface area contributed by atoms with Crippen molar-refractivity contribution in [2.75, 3.05) is 19.7 Å². The van der Waals surface area contributed by atoms with Crippen LogP contribution in [0.4, 0.5) is 0 Å². The van der Waals surface area contributed by atoms with Gasteiger partial charge in [0.1, 0.15) is 0 Å². The van der Waals surface area contributed by atoms with E-state index in [2.05, 4.69) is 5.32 Å². The van der Waals surface area contributed by atoms with Crippen molar-refractivity contribution in [1.29, 1.82) is 0 Å². The molecule has 0 unspecified atom stereocenters. The Balaban J connectivity index is 2.12. The van der Waals surface area contributed by atoms with Crippen molar-refractivity contribution in [2.45, 2.75) is 19.8 Å². The van der Waals surface area contributed by atoms with Gasteiger partial charge < -0.3 is 10.1 Å². The molecule has 1 saturated heterocycles. The molecule has 1 aliphatic rings. The topological polar surface area (TPSA) is 38.3 Å². The molecule has 1 aliphatic heterocycles. The van der Waals surface area contributed by atoms with Gasteiger partial charge in [-0.1, -0.05) is 6.08 Å². The summed E-state index contributed by atoms with van der Waals surface area (Å²) in [5.74, 6) is 0.471. The fraction of sp³-hybridized carbons (Fsp3) is 0.700. The lowest BCUT2D eigenvalue weighted by Gasteiger charge is -2.01. The maximum absolute atomic E-state index is 10.9. The number of rotatable bonds is 4. The van der Waals surface area contributed by atoms with Crippen LogP contribution in [-0.2, 0) is 9.53 Å². The molecular weight excluding hydrogens is 166 g/mol. The van der Waals surface area contributed by atoms with Crippen LogP contribution in [0.5, 0.6) is 0 Å². The highest BCUT2D eigenvalue weighted by Crippen LogP contribution is 2.12. The second-order valence-electron chi connectivity index (χ2n) is 3.25. The van der Waals surface area contributed by atoms with Gasteiger partial charge >= 0.3 is 5.97 Å². The van der Waals surface area contributed by atoms with E-state index >= 15 is 0 Å². The molecule has 0 aromatic rings. The number of hydrogen-bond acceptors (Lipinski definition) is 3. The van der Waals surface area contributed by atoms with Crippen LogP contribution in [0, 0.1) is 5.92 Å². The standard InChI is InChI=1S/C10H17NO2/c1-2-13-10(12)5-3-4-9-6-7-11-8-9/h3,5,9,11H,2,4,6-8H2,1H3/b5-3+/t9-/m1/s1. The number of carbonyl (C=O) groups is 1. The number of nitrogens with one attached hydrogen (secondary N) is 1. The first-order valence-electron chi connectivity index (χ1n) is 4.87. The van der Waals surface area contributed by atoms with Crippen molar-refractivity contribution in [2.24, 2.45) is 5.92 Å². The summed E-state index contributed by atoms with van der Waals surface area (Å²) in [5.41, 5.74) is 0. The summed E-state index contributed by atoms with van der Waals surface area (Å²) in [4.78, 5) is 10.9. The fourth-order valence-electron chi connectivity index (χ4n) is 1.46. The molecule has 1 rings (SSSR count). The Kier molecular flexibility index (Phi) is 4.54. The van der Waals surface area contributed by atoms with Gasteiger partial charge in [-0.3, -0.25) is 0 Å². The molecule has 1 atom stereocenters. The Morgan fingerprint density at radius 3 is 3.15 bits per heavy atom. The van der Waals surface area contributed by atoms with Crippen LogP contribution in [-0.4, -0.2) is 25.7 Å². The van der Waals surface area contributed by atoms with E-state index in [1.165, 1.54) is 12.5 Å². The number of allylic oxidation sites excluding steroid dienone is 1. The molecule has 13 heavy (non-hydrogen) atoms. The molecule has 0 aromatic heterocycles. The van der Waals surface area contributed by atoms with E-state index in [9.17, 15) is 4.79 Å². The zero-order valence-electron chi connectivity index (χ0n) is 8.08. The SMILES string of the molecule is CCOC(=O)/C=C/C[C@@H]1CCNC1. The monoisotopic (exact) mass is 183 g/mol. The normalized spacial score (nSPS) is 22.4. The first-order valence-corrected chi connectivity index (χ1v) is 4.87. The third-order valence-corrected chi connectivity index (χ3v) is 2.17. The van der Waals surface area contributed by atoms with Gasteiger partial charge in [-0.25, -0.2) is 4.79 Å². The Morgan fingerprint density at radius 2 is 2.54 bits per heavy atom. The largest absolute Gasteiger partial charge is 0.463 e. The predicted octanol–water partition coefficient (Wildman–Crippen LogP) is 1.11. The van der Waals surface area contributed by atoms with E-state index in [0.29, 0.717) is 12.5 Å². The molecule has 1 N–H and O–H groups in total. The van der Waals surface area contributed by atoms with Crippen molar-refractivity contribution in [3.8, 4) is 0 Å². The first-order chi connectivity index (χ1) is 6.33. The van der Waals surface area contributed by atoms with Gasteiger partial charge in [0.15, 0.2) is 0 Å². The quantitative estimate of drug-likeness (QED) is 0.524. The maximum atomic E-state index is 10.9. The Labute approximate surface area is 79.2 Å². The minimum atomic E-state index is -0.228. The van der Waals surface area contributed by atoms with Crippen LogP contribution in [0.2, 0.25) is 0 Å². The van der Waals surface area contributed by atoms with Crippen molar-refractivity contribution < 1.29 is 9.53 Å². The number of esters is 1. The average molecular weight is 183 g/mol. The minimum absolute atomic E-state index is 0.228. The summed E-state index contributed by atoms with van der Waals surface area (Å²) in [5, 5.41) is 3.29. The highest BCUT2D eigenvalue weighted by molar-refractivity contribution is 5.81. The summed E-state index contributed by atoms with van der Waals surface area (Å²) < 4.78 is 4.77. The van der Waals surface area contributed by atoms with E-state index in [1.807, 2.05) is 13.0 Å². The van der Waals surface area contributed by atoms with Gasteiger partial charge in [-0.05, 0) is 38.8 Å². The smallest absolute Gasteiger partial charge is 0.330 e. The van der Waals surface area contributed by atoms with Crippen molar-refractivity contribution >= 4 is 5.97 Å². The summed E-state index contributed by atoms with van der Waals surface area (Å²) in [6.45, 7) is 4.45. The van der Waals surface area contributed by atoms with Crippen molar-refractivity contribution in [1.82, 2.24) is 5.32 Å². The van der Waals surface area contributed by atoms with Gasteiger partial charge in [-0.15, -0.1) is 0 Å². The van der Waals surface area contributed by atoms with Gasteiger partial charge in [0.25, 0.3) is 0 Å². The van der Waals surface area contributed by atoms with Gasteiger partial charge in [0.2, 0.25) is 0 Å². The Morgan fingerprint density at radius 1 is 1.69 bits per heavy atom. The van der Waals surface area contributed by atoms with Crippen LogP contribution in [0.3, 0.4) is 0 Å². The molecule has 74 valence electrons. The number of carbonyl (C=O) groups excluding carboxylic acids is 1. The minimum Gasteiger partial charge on any atom is -0.463 e. The fourth-order valence-corrected chi connectivity index (χ4v) is 1.46. The molecule has 3 nitrogen and oxygen atoms in total. The summed E-state index contributed by atoms with van der Waals surface area (Å²) in [6, 6.07) is 0. The van der Waals surface area contributed by atoms with Crippen LogP contribution < -0.4 is 5.32 Å². The van der Waals surface area contributed by atoms with Crippen LogP contribution >= 0.6 is 0 Å². The molecule has 1 heterocycles. The molecule has 0 aromatic carbocycles. The highest BCUT2D eigenvalue weighted by atomic mass is 16.5. The highest BCUT2D eigenvalue weighted by Gasteiger charge is 2.12. The van der Waals surface area contributed by atoms with Gasteiger partial charge in [0, 0.05) is 6.08 Å². The Bertz CT molecular complexity index is 183. The summed E-state index contributed by atoms with van der Waals surface area (Å²) >= 11 is 0. The summed E-state index contributed by atoms with van der Waals surface area (Å²) in [6.07, 6.45) is 5.64. The van der Waals surface area contributed by atoms with E-state index in [0.717, 1.165) is 19.5 Å². The van der Waals surface area contributed by atoms with Crippen molar-refractivity contribution in [3.63, 3.8) is 0 Å². The van der Waals surface area contributed by atoms with Crippen LogP contribution in [0.1, 0.15) is 19.8 Å². The lowest BCUT2D eigenvalue weighted by Crippen LogP contribution is -2.08. The van der Waals surface area contributed by atoms with Gasteiger partial charge in [0.05, 0.1) is 6.61 Å². The molecule has 0 amide bonds. The van der Waals surface area contributed by atoms with Crippen LogP contribution in [0.25, 0.3) is 0 Å². The second-order valence-corrected chi connectivity index (χ2v) is 3.25. The van der Waals surface area contributed by atoms with E-state index in [1.54, 1.807) is 0 Å². The third-order valence-electron chi connectivity index (χ3n) is 2.17. The molecular formula is C10H17NO2. The lowest BCUT2D eigenvalue weighted by molar-refractivity contribution is -0.137. The zero-order chi connectivity index (χ0) is 9.52. The van der Waals surface area contributed by atoms with Crippen LogP contribution in [0.15, 0.2) is 12.2 Å². The molecule has 0 aliphatic carbocycles. The van der Waals surface area contributed by atoms with E-state index < -0.39 is 0 Å². The molecule has 1 fully saturated rings. The average Bonchev–Trinajstić information content (AvgIpc) is 2.57. The van der Waals surface area contributed by atoms with E-state index in [4.69, 9.17) is 4.74 Å². The summed E-state index contributed by atoms with van der Waals surface area (Å²) in [7, 11) is 0. The molecule has 0 radical (unpaired) electrons.